The van der Waals surface area contributed by atoms with Crippen molar-refractivity contribution in [1.82, 2.24) is 9.88 Å². The van der Waals surface area contributed by atoms with Gasteiger partial charge in [0.05, 0.1) is 0 Å². The van der Waals surface area contributed by atoms with Crippen LogP contribution in [0.5, 0.6) is 0 Å². The smallest absolute Gasteiger partial charge is 0.246 e. The summed E-state index contributed by atoms with van der Waals surface area (Å²) in [6.45, 7) is 1.94. The van der Waals surface area contributed by atoms with E-state index in [4.69, 9.17) is 0 Å². The SMILES string of the molecule is CN(C(=O)/C=C\c1ccncc1)[C@@H]1CCCN(c2ccccc2)C1. The lowest BCUT2D eigenvalue weighted by Gasteiger charge is -2.38. The topological polar surface area (TPSA) is 36.4 Å². The van der Waals surface area contributed by atoms with Crippen molar-refractivity contribution in [2.24, 2.45) is 0 Å². The molecule has 1 saturated heterocycles. The molecule has 0 bridgehead atoms. The molecule has 1 aromatic heterocycles. The average Bonchev–Trinajstić information content (AvgIpc) is 2.67. The largest absolute Gasteiger partial charge is 0.369 e. The third-order valence-electron chi connectivity index (χ3n) is 4.54. The number of aromatic nitrogens is 1. The molecule has 1 fully saturated rings. The number of carbonyl (C=O) groups is 1. The highest BCUT2D eigenvalue weighted by Gasteiger charge is 2.25. The molecule has 2 heterocycles. The Labute approximate surface area is 143 Å². The number of amides is 1. The number of carbonyl (C=O) groups excluding carboxylic acids is 1. The third kappa shape index (κ3) is 4.02. The summed E-state index contributed by atoms with van der Waals surface area (Å²) in [5, 5.41) is 0. The summed E-state index contributed by atoms with van der Waals surface area (Å²) in [6.07, 6.45) is 9.11. The number of pyridine rings is 1. The van der Waals surface area contributed by atoms with Crippen LogP contribution in [0.25, 0.3) is 6.08 Å². The fourth-order valence-electron chi connectivity index (χ4n) is 3.08. The molecule has 24 heavy (non-hydrogen) atoms. The highest BCUT2D eigenvalue weighted by molar-refractivity contribution is 5.91. The molecular weight excluding hydrogens is 298 g/mol. The first-order chi connectivity index (χ1) is 11.7. The van der Waals surface area contributed by atoms with Crippen molar-refractivity contribution in [3.05, 3.63) is 66.5 Å². The molecule has 1 amide bonds. The minimum absolute atomic E-state index is 0.0479. The maximum Gasteiger partial charge on any atom is 0.246 e. The fourth-order valence-corrected chi connectivity index (χ4v) is 3.08. The summed E-state index contributed by atoms with van der Waals surface area (Å²) in [5.41, 5.74) is 2.22. The molecule has 1 atom stereocenters. The van der Waals surface area contributed by atoms with Crippen molar-refractivity contribution in [2.45, 2.75) is 18.9 Å². The molecule has 1 aliphatic rings. The summed E-state index contributed by atoms with van der Waals surface area (Å²) in [7, 11) is 1.90. The van der Waals surface area contributed by atoms with Crippen LogP contribution in [0.2, 0.25) is 0 Å². The molecule has 2 aromatic rings. The molecule has 4 nitrogen and oxygen atoms in total. The number of piperidine rings is 1. The lowest BCUT2D eigenvalue weighted by atomic mass is 10.0. The van der Waals surface area contributed by atoms with Gasteiger partial charge in [-0.25, -0.2) is 0 Å². The first-order valence-electron chi connectivity index (χ1n) is 8.39. The van der Waals surface area contributed by atoms with Crippen LogP contribution in [0.1, 0.15) is 18.4 Å². The zero-order chi connectivity index (χ0) is 16.8. The van der Waals surface area contributed by atoms with E-state index in [1.54, 1.807) is 18.5 Å². The Morgan fingerprint density at radius 2 is 1.96 bits per heavy atom. The third-order valence-corrected chi connectivity index (χ3v) is 4.54. The van der Waals surface area contributed by atoms with E-state index in [0.717, 1.165) is 31.5 Å². The average molecular weight is 321 g/mol. The number of hydrogen-bond donors (Lipinski definition) is 0. The lowest BCUT2D eigenvalue weighted by Crippen LogP contribution is -2.48. The van der Waals surface area contributed by atoms with Crippen molar-refractivity contribution in [1.29, 1.82) is 0 Å². The zero-order valence-corrected chi connectivity index (χ0v) is 14.0. The van der Waals surface area contributed by atoms with Gasteiger partial charge in [-0.15, -0.1) is 0 Å². The van der Waals surface area contributed by atoms with Gasteiger partial charge in [0, 0.05) is 50.3 Å². The molecule has 0 aliphatic carbocycles. The second kappa shape index (κ2) is 7.77. The van der Waals surface area contributed by atoms with Crippen LogP contribution in [-0.4, -0.2) is 42.0 Å². The number of rotatable bonds is 4. The van der Waals surface area contributed by atoms with Crippen molar-refractivity contribution in [3.63, 3.8) is 0 Å². The molecule has 0 spiro atoms. The predicted octanol–water partition coefficient (Wildman–Crippen LogP) is 3.22. The van der Waals surface area contributed by atoms with Crippen LogP contribution in [0.4, 0.5) is 5.69 Å². The molecule has 1 aliphatic heterocycles. The van der Waals surface area contributed by atoms with E-state index in [1.165, 1.54) is 5.69 Å². The van der Waals surface area contributed by atoms with Crippen LogP contribution in [-0.2, 0) is 4.79 Å². The molecule has 0 N–H and O–H groups in total. The minimum Gasteiger partial charge on any atom is -0.369 e. The molecule has 4 heteroatoms. The van der Waals surface area contributed by atoms with Crippen LogP contribution >= 0.6 is 0 Å². The Kier molecular flexibility index (Phi) is 5.26. The number of para-hydroxylation sites is 1. The first kappa shape index (κ1) is 16.2. The highest BCUT2D eigenvalue weighted by Crippen LogP contribution is 2.22. The van der Waals surface area contributed by atoms with Crippen molar-refractivity contribution in [3.8, 4) is 0 Å². The summed E-state index contributed by atoms with van der Waals surface area (Å²) < 4.78 is 0. The van der Waals surface area contributed by atoms with E-state index in [0.29, 0.717) is 0 Å². The van der Waals surface area contributed by atoms with E-state index in [2.05, 4.69) is 34.1 Å². The maximum absolute atomic E-state index is 12.5. The summed E-state index contributed by atoms with van der Waals surface area (Å²) >= 11 is 0. The number of likely N-dealkylation sites (N-methyl/N-ethyl adjacent to an activating group) is 1. The number of hydrogen-bond acceptors (Lipinski definition) is 3. The maximum atomic E-state index is 12.5. The lowest BCUT2D eigenvalue weighted by molar-refractivity contribution is -0.126. The van der Waals surface area contributed by atoms with E-state index >= 15 is 0 Å². The molecular formula is C20H23N3O. The Hall–Kier alpha value is -2.62. The van der Waals surface area contributed by atoms with Gasteiger partial charge in [-0.3, -0.25) is 9.78 Å². The molecule has 124 valence electrons. The minimum atomic E-state index is 0.0479. The quantitative estimate of drug-likeness (QED) is 0.811. The summed E-state index contributed by atoms with van der Waals surface area (Å²) in [4.78, 5) is 20.7. The first-order valence-corrected chi connectivity index (χ1v) is 8.39. The number of anilines is 1. The molecule has 1 aromatic carbocycles. The Balaban J connectivity index is 1.62. The van der Waals surface area contributed by atoms with Gasteiger partial charge >= 0.3 is 0 Å². The predicted molar refractivity (Wildman–Crippen MR) is 97.7 cm³/mol. The van der Waals surface area contributed by atoms with Crippen LogP contribution in [0, 0.1) is 0 Å². The Morgan fingerprint density at radius 3 is 2.71 bits per heavy atom. The van der Waals surface area contributed by atoms with E-state index < -0.39 is 0 Å². The molecule has 0 radical (unpaired) electrons. The standard InChI is InChI=1S/C20H23N3O/c1-22(20(24)10-9-17-11-13-21-14-12-17)19-8-5-15-23(16-19)18-6-3-2-4-7-18/h2-4,6-7,9-14,19H,5,8,15-16H2,1H3/b10-9-/t19-/m1/s1. The van der Waals surface area contributed by atoms with Crippen molar-refractivity contribution >= 4 is 17.7 Å². The van der Waals surface area contributed by atoms with Gasteiger partial charge in [-0.2, -0.15) is 0 Å². The van der Waals surface area contributed by atoms with E-state index in [9.17, 15) is 4.79 Å². The Morgan fingerprint density at radius 1 is 1.21 bits per heavy atom. The van der Waals surface area contributed by atoms with Gasteiger partial charge in [0.15, 0.2) is 0 Å². The molecule has 0 unspecified atom stereocenters. The second-order valence-corrected chi connectivity index (χ2v) is 6.14. The van der Waals surface area contributed by atoms with Crippen LogP contribution in [0.15, 0.2) is 60.9 Å². The fraction of sp³-hybridized carbons (Fsp3) is 0.300. The van der Waals surface area contributed by atoms with Gasteiger partial charge in [-0.1, -0.05) is 18.2 Å². The van der Waals surface area contributed by atoms with Gasteiger partial charge < -0.3 is 9.80 Å². The van der Waals surface area contributed by atoms with Crippen LogP contribution in [0.3, 0.4) is 0 Å². The second-order valence-electron chi connectivity index (χ2n) is 6.14. The monoisotopic (exact) mass is 321 g/mol. The zero-order valence-electron chi connectivity index (χ0n) is 14.0. The van der Waals surface area contributed by atoms with Crippen LogP contribution < -0.4 is 4.90 Å². The van der Waals surface area contributed by atoms with Gasteiger partial charge in [0.2, 0.25) is 5.91 Å². The summed E-state index contributed by atoms with van der Waals surface area (Å²) in [5.74, 6) is 0.0479. The summed E-state index contributed by atoms with van der Waals surface area (Å²) in [6, 6.07) is 14.4. The van der Waals surface area contributed by atoms with Gasteiger partial charge in [0.25, 0.3) is 0 Å². The Bertz CT molecular complexity index is 685. The number of nitrogens with zero attached hydrogens (tertiary/aromatic N) is 3. The van der Waals surface area contributed by atoms with Crippen molar-refractivity contribution < 1.29 is 4.79 Å². The van der Waals surface area contributed by atoms with Crippen molar-refractivity contribution in [2.75, 3.05) is 25.0 Å². The highest BCUT2D eigenvalue weighted by atomic mass is 16.2. The van der Waals surface area contributed by atoms with E-state index in [1.807, 2.05) is 36.2 Å². The molecule has 0 saturated carbocycles. The van der Waals surface area contributed by atoms with Gasteiger partial charge in [0.1, 0.15) is 0 Å². The normalized spacial score (nSPS) is 17.9. The molecule has 3 rings (SSSR count). The number of benzene rings is 1. The van der Waals surface area contributed by atoms with E-state index in [-0.39, 0.29) is 11.9 Å². The van der Waals surface area contributed by atoms with Gasteiger partial charge in [-0.05, 0) is 48.7 Å².